The fourth-order valence-electron chi connectivity index (χ4n) is 1.70. The average Bonchev–Trinajstić information content (AvgIpc) is 2.29. The van der Waals surface area contributed by atoms with Gasteiger partial charge in [-0.3, -0.25) is 9.69 Å². The van der Waals surface area contributed by atoms with Crippen LogP contribution in [0.25, 0.3) is 0 Å². The lowest BCUT2D eigenvalue weighted by atomic mass is 10.00. The number of rotatable bonds is 3. The standard InChI is InChI=1S/C8H15NO3/c1-6-2-9(4-8(11)12)3-7(6)5-10/h6-7,10H,2-5H2,1H3,(H,11,12). The zero-order chi connectivity index (χ0) is 9.14. The Morgan fingerprint density at radius 1 is 1.58 bits per heavy atom. The highest BCUT2D eigenvalue weighted by Crippen LogP contribution is 2.21. The van der Waals surface area contributed by atoms with Crippen molar-refractivity contribution < 1.29 is 15.0 Å². The van der Waals surface area contributed by atoms with Crippen molar-refractivity contribution in [1.29, 1.82) is 0 Å². The summed E-state index contributed by atoms with van der Waals surface area (Å²) in [5, 5.41) is 17.4. The first-order chi connectivity index (χ1) is 5.63. The van der Waals surface area contributed by atoms with Crippen LogP contribution >= 0.6 is 0 Å². The SMILES string of the molecule is CC1CN(CC(=O)O)CC1CO. The zero-order valence-corrected chi connectivity index (χ0v) is 7.23. The minimum atomic E-state index is -0.791. The minimum Gasteiger partial charge on any atom is -0.480 e. The van der Waals surface area contributed by atoms with Gasteiger partial charge in [-0.25, -0.2) is 0 Å². The summed E-state index contributed by atoms with van der Waals surface area (Å²) < 4.78 is 0. The predicted molar refractivity (Wildman–Crippen MR) is 43.8 cm³/mol. The number of aliphatic hydroxyl groups excluding tert-OH is 1. The Morgan fingerprint density at radius 3 is 2.67 bits per heavy atom. The fourth-order valence-corrected chi connectivity index (χ4v) is 1.70. The Labute approximate surface area is 71.8 Å². The van der Waals surface area contributed by atoms with E-state index in [1.807, 2.05) is 11.8 Å². The van der Waals surface area contributed by atoms with Crippen LogP contribution in [0.4, 0.5) is 0 Å². The van der Waals surface area contributed by atoms with Gasteiger partial charge in [0.25, 0.3) is 0 Å². The highest BCUT2D eigenvalue weighted by Gasteiger charge is 2.29. The first kappa shape index (κ1) is 9.48. The van der Waals surface area contributed by atoms with E-state index >= 15 is 0 Å². The molecule has 1 aliphatic rings. The van der Waals surface area contributed by atoms with Crippen LogP contribution in [0, 0.1) is 11.8 Å². The molecule has 0 aliphatic carbocycles. The summed E-state index contributed by atoms with van der Waals surface area (Å²) in [5.41, 5.74) is 0. The Kier molecular flexibility index (Phi) is 3.05. The smallest absolute Gasteiger partial charge is 0.317 e. The third kappa shape index (κ3) is 2.19. The molecule has 0 radical (unpaired) electrons. The number of likely N-dealkylation sites (tertiary alicyclic amines) is 1. The van der Waals surface area contributed by atoms with E-state index in [1.165, 1.54) is 0 Å². The number of carboxylic acids is 1. The first-order valence-electron chi connectivity index (χ1n) is 4.18. The maximum Gasteiger partial charge on any atom is 0.317 e. The lowest BCUT2D eigenvalue weighted by molar-refractivity contribution is -0.138. The van der Waals surface area contributed by atoms with Gasteiger partial charge in [-0.1, -0.05) is 6.92 Å². The normalized spacial score (nSPS) is 30.8. The molecule has 4 heteroatoms. The van der Waals surface area contributed by atoms with Gasteiger partial charge in [0.2, 0.25) is 0 Å². The molecule has 2 unspecified atom stereocenters. The monoisotopic (exact) mass is 173 g/mol. The van der Waals surface area contributed by atoms with E-state index in [9.17, 15) is 4.79 Å². The van der Waals surface area contributed by atoms with Gasteiger partial charge in [0.15, 0.2) is 0 Å². The second-order valence-corrected chi connectivity index (χ2v) is 3.51. The number of nitrogens with zero attached hydrogens (tertiary/aromatic N) is 1. The molecule has 1 rings (SSSR count). The quantitative estimate of drug-likeness (QED) is 0.611. The summed E-state index contributed by atoms with van der Waals surface area (Å²) in [7, 11) is 0. The molecule has 0 aromatic rings. The molecule has 1 saturated heterocycles. The Hall–Kier alpha value is -0.610. The summed E-state index contributed by atoms with van der Waals surface area (Å²) >= 11 is 0. The number of hydrogen-bond acceptors (Lipinski definition) is 3. The number of carbonyl (C=O) groups is 1. The molecular formula is C8H15NO3. The molecule has 2 N–H and O–H groups in total. The Morgan fingerprint density at radius 2 is 2.25 bits per heavy atom. The van der Waals surface area contributed by atoms with Gasteiger partial charge in [0, 0.05) is 19.7 Å². The fraction of sp³-hybridized carbons (Fsp3) is 0.875. The van der Waals surface area contributed by atoms with Crippen LogP contribution in [-0.4, -0.2) is 47.3 Å². The van der Waals surface area contributed by atoms with Crippen molar-refractivity contribution in [1.82, 2.24) is 4.90 Å². The summed E-state index contributed by atoms with van der Waals surface area (Å²) in [5.74, 6) is -0.125. The molecule has 70 valence electrons. The van der Waals surface area contributed by atoms with Crippen LogP contribution < -0.4 is 0 Å². The third-order valence-electron chi connectivity index (χ3n) is 2.44. The van der Waals surface area contributed by atoms with Gasteiger partial charge in [-0.2, -0.15) is 0 Å². The summed E-state index contributed by atoms with van der Waals surface area (Å²) in [6, 6.07) is 0. The molecule has 0 bridgehead atoms. The maximum absolute atomic E-state index is 10.4. The molecule has 1 aliphatic heterocycles. The van der Waals surface area contributed by atoms with Crippen LogP contribution in [0.15, 0.2) is 0 Å². The van der Waals surface area contributed by atoms with Crippen LogP contribution in [0.2, 0.25) is 0 Å². The van der Waals surface area contributed by atoms with Gasteiger partial charge < -0.3 is 10.2 Å². The van der Waals surface area contributed by atoms with E-state index < -0.39 is 5.97 Å². The number of aliphatic hydroxyl groups is 1. The second kappa shape index (κ2) is 3.87. The molecule has 0 saturated carbocycles. The minimum absolute atomic E-state index is 0.0981. The van der Waals surface area contributed by atoms with Crippen molar-refractivity contribution in [2.75, 3.05) is 26.2 Å². The van der Waals surface area contributed by atoms with Gasteiger partial charge >= 0.3 is 5.97 Å². The molecule has 0 aromatic carbocycles. The van der Waals surface area contributed by atoms with E-state index in [1.54, 1.807) is 0 Å². The molecule has 1 fully saturated rings. The largest absolute Gasteiger partial charge is 0.480 e. The molecule has 0 aromatic heterocycles. The highest BCUT2D eigenvalue weighted by molar-refractivity contribution is 5.69. The lowest BCUT2D eigenvalue weighted by Gasteiger charge is -2.11. The van der Waals surface area contributed by atoms with E-state index in [-0.39, 0.29) is 19.1 Å². The van der Waals surface area contributed by atoms with Gasteiger partial charge in [-0.15, -0.1) is 0 Å². The van der Waals surface area contributed by atoms with Crippen LogP contribution in [0.3, 0.4) is 0 Å². The van der Waals surface area contributed by atoms with Crippen molar-refractivity contribution in [3.63, 3.8) is 0 Å². The van der Waals surface area contributed by atoms with E-state index in [2.05, 4.69) is 0 Å². The highest BCUT2D eigenvalue weighted by atomic mass is 16.4. The molecule has 1 heterocycles. The van der Waals surface area contributed by atoms with E-state index in [0.717, 1.165) is 6.54 Å². The Bertz CT molecular complexity index is 172. The van der Waals surface area contributed by atoms with Crippen LogP contribution in [0.1, 0.15) is 6.92 Å². The summed E-state index contributed by atoms with van der Waals surface area (Å²) in [6.45, 7) is 3.81. The van der Waals surface area contributed by atoms with Crippen molar-refractivity contribution in [3.05, 3.63) is 0 Å². The Balaban J connectivity index is 2.37. The first-order valence-corrected chi connectivity index (χ1v) is 4.18. The van der Waals surface area contributed by atoms with Crippen LogP contribution in [-0.2, 0) is 4.79 Å². The number of aliphatic carboxylic acids is 1. The summed E-state index contributed by atoms with van der Waals surface area (Å²) in [4.78, 5) is 12.2. The van der Waals surface area contributed by atoms with Crippen molar-refractivity contribution in [2.45, 2.75) is 6.92 Å². The predicted octanol–water partition coefficient (Wildman–Crippen LogP) is -0.369. The number of carboxylic acid groups (broad SMARTS) is 1. The van der Waals surface area contributed by atoms with Gasteiger partial charge in [-0.05, 0) is 11.8 Å². The molecule has 12 heavy (non-hydrogen) atoms. The van der Waals surface area contributed by atoms with Crippen molar-refractivity contribution >= 4 is 5.97 Å². The maximum atomic E-state index is 10.4. The third-order valence-corrected chi connectivity index (χ3v) is 2.44. The lowest BCUT2D eigenvalue weighted by Crippen LogP contribution is -2.27. The summed E-state index contributed by atoms with van der Waals surface area (Å²) in [6.07, 6.45) is 0. The molecule has 0 spiro atoms. The van der Waals surface area contributed by atoms with Crippen molar-refractivity contribution in [2.24, 2.45) is 11.8 Å². The van der Waals surface area contributed by atoms with Gasteiger partial charge in [0.05, 0.1) is 6.54 Å². The van der Waals surface area contributed by atoms with E-state index in [0.29, 0.717) is 12.5 Å². The molecule has 2 atom stereocenters. The topological polar surface area (TPSA) is 60.8 Å². The molecule has 4 nitrogen and oxygen atoms in total. The van der Waals surface area contributed by atoms with Crippen LogP contribution in [0.5, 0.6) is 0 Å². The average molecular weight is 173 g/mol. The zero-order valence-electron chi connectivity index (χ0n) is 7.23. The second-order valence-electron chi connectivity index (χ2n) is 3.51. The van der Waals surface area contributed by atoms with Gasteiger partial charge in [0.1, 0.15) is 0 Å². The number of hydrogen-bond donors (Lipinski definition) is 2. The molecule has 0 amide bonds. The van der Waals surface area contributed by atoms with Crippen molar-refractivity contribution in [3.8, 4) is 0 Å². The molecular weight excluding hydrogens is 158 g/mol. The van der Waals surface area contributed by atoms with E-state index in [4.69, 9.17) is 10.2 Å².